The topological polar surface area (TPSA) is 43.1 Å². The van der Waals surface area contributed by atoms with Gasteiger partial charge in [0, 0.05) is 12.0 Å². The van der Waals surface area contributed by atoms with Gasteiger partial charge in [-0.25, -0.2) is 8.78 Å². The van der Waals surface area contributed by atoms with Crippen molar-refractivity contribution in [1.82, 2.24) is 0 Å². The van der Waals surface area contributed by atoms with Crippen LogP contribution in [0.5, 0.6) is 0 Å². The van der Waals surface area contributed by atoms with Crippen LogP contribution in [-0.2, 0) is 0 Å². The molecule has 0 radical (unpaired) electrons. The Balaban J connectivity index is 2.26. The molecule has 2 rings (SSSR count). The molecule has 1 fully saturated rings. The van der Waals surface area contributed by atoms with Crippen LogP contribution in [0.25, 0.3) is 0 Å². The van der Waals surface area contributed by atoms with Gasteiger partial charge in [-0.05, 0) is 44.2 Å². The molecular formula is C14H17F2NO. The number of nitrogens with two attached hydrogens (primary N) is 1. The first-order chi connectivity index (χ1) is 8.50. The molecule has 1 aromatic carbocycles. The van der Waals surface area contributed by atoms with Gasteiger partial charge in [0.1, 0.15) is 11.6 Å². The molecule has 1 aliphatic rings. The molecule has 0 aromatic heterocycles. The quantitative estimate of drug-likeness (QED) is 0.823. The fourth-order valence-corrected chi connectivity index (χ4v) is 2.47. The van der Waals surface area contributed by atoms with Crippen molar-refractivity contribution in [3.63, 3.8) is 0 Å². The van der Waals surface area contributed by atoms with Crippen LogP contribution in [0.2, 0.25) is 0 Å². The summed E-state index contributed by atoms with van der Waals surface area (Å²) in [6.07, 6.45) is 2.72. The van der Waals surface area contributed by atoms with Gasteiger partial charge in [0.2, 0.25) is 0 Å². The molecule has 98 valence electrons. The van der Waals surface area contributed by atoms with E-state index in [9.17, 15) is 13.6 Å². The van der Waals surface area contributed by atoms with Gasteiger partial charge in [-0.3, -0.25) is 4.79 Å². The third-order valence-corrected chi connectivity index (χ3v) is 3.67. The Kier molecular flexibility index (Phi) is 3.76. The predicted octanol–water partition coefficient (Wildman–Crippen LogP) is 2.97. The van der Waals surface area contributed by atoms with Gasteiger partial charge in [-0.2, -0.15) is 0 Å². The lowest BCUT2D eigenvalue weighted by atomic mass is 9.81. The molecule has 18 heavy (non-hydrogen) atoms. The number of Topliss-reactive ketones (excluding diaryl/α,β-unsaturated/α-hetero) is 1. The van der Waals surface area contributed by atoms with E-state index in [1.807, 2.05) is 0 Å². The molecule has 0 saturated heterocycles. The molecule has 0 spiro atoms. The zero-order valence-corrected chi connectivity index (χ0v) is 10.4. The second-order valence-corrected chi connectivity index (χ2v) is 5.03. The Morgan fingerprint density at radius 3 is 2.44 bits per heavy atom. The molecule has 2 nitrogen and oxygen atoms in total. The number of carbonyl (C=O) groups excluding carboxylic acids is 1. The number of hydrogen-bond acceptors (Lipinski definition) is 2. The lowest BCUT2D eigenvalue weighted by Crippen LogP contribution is -2.30. The lowest BCUT2D eigenvalue weighted by molar-refractivity contribution is 0.0875. The normalized spacial score (nSPS) is 24.0. The van der Waals surface area contributed by atoms with Crippen LogP contribution in [-0.4, -0.2) is 11.8 Å². The van der Waals surface area contributed by atoms with E-state index in [1.165, 1.54) is 13.0 Å². The molecule has 0 aliphatic heterocycles. The molecule has 0 atom stereocenters. The maximum Gasteiger partial charge on any atom is 0.171 e. The third kappa shape index (κ3) is 2.43. The minimum Gasteiger partial charge on any atom is -0.328 e. The van der Waals surface area contributed by atoms with E-state index >= 15 is 0 Å². The highest BCUT2D eigenvalue weighted by molar-refractivity contribution is 5.98. The van der Waals surface area contributed by atoms with Crippen molar-refractivity contribution in [1.29, 1.82) is 0 Å². The largest absolute Gasteiger partial charge is 0.328 e. The van der Waals surface area contributed by atoms with E-state index in [-0.39, 0.29) is 17.5 Å². The Labute approximate surface area is 105 Å². The summed E-state index contributed by atoms with van der Waals surface area (Å²) < 4.78 is 27.5. The molecule has 1 aromatic rings. The van der Waals surface area contributed by atoms with Crippen molar-refractivity contribution in [2.45, 2.75) is 38.6 Å². The molecule has 0 heterocycles. The minimum atomic E-state index is -0.766. The van der Waals surface area contributed by atoms with Crippen LogP contribution in [0, 0.1) is 24.5 Å². The van der Waals surface area contributed by atoms with Gasteiger partial charge in [0.25, 0.3) is 0 Å². The monoisotopic (exact) mass is 253 g/mol. The molecule has 0 unspecified atom stereocenters. The molecule has 0 bridgehead atoms. The van der Waals surface area contributed by atoms with E-state index < -0.39 is 17.4 Å². The number of hydrogen-bond donors (Lipinski definition) is 1. The molecule has 1 aliphatic carbocycles. The minimum absolute atomic E-state index is 0.112. The number of aryl methyl sites for hydroxylation is 1. The van der Waals surface area contributed by atoms with E-state index in [4.69, 9.17) is 5.73 Å². The first kappa shape index (κ1) is 13.1. The second kappa shape index (κ2) is 5.14. The highest BCUT2D eigenvalue weighted by Gasteiger charge is 2.29. The van der Waals surface area contributed by atoms with Crippen molar-refractivity contribution in [3.8, 4) is 0 Å². The summed E-state index contributed by atoms with van der Waals surface area (Å²) >= 11 is 0. The maximum absolute atomic E-state index is 13.9. The Morgan fingerprint density at radius 1 is 1.22 bits per heavy atom. The highest BCUT2D eigenvalue weighted by Crippen LogP contribution is 2.29. The Bertz CT molecular complexity index is 465. The van der Waals surface area contributed by atoms with Crippen molar-refractivity contribution >= 4 is 5.78 Å². The van der Waals surface area contributed by atoms with Gasteiger partial charge in [-0.15, -0.1) is 0 Å². The number of halogens is 2. The first-order valence-electron chi connectivity index (χ1n) is 6.25. The van der Waals surface area contributed by atoms with Crippen molar-refractivity contribution in [3.05, 3.63) is 34.9 Å². The van der Waals surface area contributed by atoms with Crippen molar-refractivity contribution in [2.24, 2.45) is 11.7 Å². The summed E-state index contributed by atoms with van der Waals surface area (Å²) in [6.45, 7) is 1.53. The van der Waals surface area contributed by atoms with Crippen LogP contribution in [0.1, 0.15) is 41.6 Å². The van der Waals surface area contributed by atoms with Crippen molar-refractivity contribution < 1.29 is 13.6 Å². The summed E-state index contributed by atoms with van der Waals surface area (Å²) in [6, 6.07) is 2.61. The van der Waals surface area contributed by atoms with E-state index in [1.54, 1.807) is 0 Å². The van der Waals surface area contributed by atoms with Crippen LogP contribution in [0.4, 0.5) is 8.78 Å². The van der Waals surface area contributed by atoms with Gasteiger partial charge >= 0.3 is 0 Å². The van der Waals surface area contributed by atoms with Crippen LogP contribution < -0.4 is 5.73 Å². The summed E-state index contributed by atoms with van der Waals surface area (Å²) in [7, 11) is 0. The standard InChI is InChI=1S/C14H17F2NO/c1-8-2-7-11(15)12(13(8)16)14(18)9-3-5-10(17)6-4-9/h2,7,9-10H,3-6,17H2,1H3. The number of carbonyl (C=O) groups is 1. The van der Waals surface area contributed by atoms with E-state index in [0.29, 0.717) is 18.4 Å². The summed E-state index contributed by atoms with van der Waals surface area (Å²) in [5.41, 5.74) is 5.68. The number of rotatable bonds is 2. The Morgan fingerprint density at radius 2 is 1.83 bits per heavy atom. The summed E-state index contributed by atoms with van der Waals surface area (Å²) in [4.78, 5) is 12.2. The zero-order valence-electron chi connectivity index (χ0n) is 10.4. The van der Waals surface area contributed by atoms with E-state index in [2.05, 4.69) is 0 Å². The second-order valence-electron chi connectivity index (χ2n) is 5.03. The van der Waals surface area contributed by atoms with Crippen LogP contribution in [0.3, 0.4) is 0 Å². The number of ketones is 1. The maximum atomic E-state index is 13.9. The predicted molar refractivity (Wildman–Crippen MR) is 65.4 cm³/mol. The fourth-order valence-electron chi connectivity index (χ4n) is 2.47. The zero-order chi connectivity index (χ0) is 13.3. The number of benzene rings is 1. The van der Waals surface area contributed by atoms with E-state index in [0.717, 1.165) is 18.9 Å². The summed E-state index contributed by atoms with van der Waals surface area (Å²) in [5.74, 6) is -2.20. The smallest absolute Gasteiger partial charge is 0.171 e. The SMILES string of the molecule is Cc1ccc(F)c(C(=O)C2CCC(N)CC2)c1F. The lowest BCUT2D eigenvalue weighted by Gasteiger charge is -2.25. The van der Waals surface area contributed by atoms with Crippen LogP contribution >= 0.6 is 0 Å². The molecular weight excluding hydrogens is 236 g/mol. The molecule has 0 amide bonds. The fraction of sp³-hybridized carbons (Fsp3) is 0.500. The third-order valence-electron chi connectivity index (χ3n) is 3.67. The first-order valence-corrected chi connectivity index (χ1v) is 6.25. The van der Waals surface area contributed by atoms with Gasteiger partial charge in [0.05, 0.1) is 5.56 Å². The highest BCUT2D eigenvalue weighted by atomic mass is 19.1. The molecule has 1 saturated carbocycles. The average molecular weight is 253 g/mol. The Hall–Kier alpha value is -1.29. The van der Waals surface area contributed by atoms with Crippen molar-refractivity contribution in [2.75, 3.05) is 0 Å². The van der Waals surface area contributed by atoms with Gasteiger partial charge in [0.15, 0.2) is 5.78 Å². The molecule has 4 heteroatoms. The van der Waals surface area contributed by atoms with Gasteiger partial charge in [-0.1, -0.05) is 6.07 Å². The van der Waals surface area contributed by atoms with Crippen LogP contribution in [0.15, 0.2) is 12.1 Å². The summed E-state index contributed by atoms with van der Waals surface area (Å²) in [5, 5.41) is 0. The van der Waals surface area contributed by atoms with Gasteiger partial charge < -0.3 is 5.73 Å². The molecule has 2 N–H and O–H groups in total. The average Bonchev–Trinajstić information content (AvgIpc) is 2.35.